The lowest BCUT2D eigenvalue weighted by atomic mass is 10.8. The van der Waals surface area contributed by atoms with E-state index in [4.69, 9.17) is 49.5 Å². The molecule has 0 saturated carbocycles. The van der Waals surface area contributed by atoms with Gasteiger partial charge in [-0.15, -0.1) is 0 Å². The molecule has 0 spiro atoms. The van der Waals surface area contributed by atoms with Crippen molar-refractivity contribution in [3.63, 3.8) is 0 Å². The first-order valence-electron chi connectivity index (χ1n) is 13.2. The van der Waals surface area contributed by atoms with Crippen LogP contribution in [-0.2, 0) is 104 Å². The van der Waals surface area contributed by atoms with E-state index in [1.807, 2.05) is 0 Å². The average Bonchev–Trinajstić information content (AvgIpc) is 3.87. The molecule has 0 aromatic rings. The van der Waals surface area contributed by atoms with E-state index in [2.05, 4.69) is 21.5 Å². The Morgan fingerprint density at radius 3 is 0.702 bits per heavy atom. The SMILES string of the molecule is C1CO1.COS(=O)(=O)CCN.COS(=O)(=O)CCN.COS(=O)(=O)CCO.COS(=O)(=O)CCO.CS(=O)(=O)O.CS(=O)(=O)O.N.NCCS(=O)(=O)O.O.O=S=O. The van der Waals surface area contributed by atoms with Crippen molar-refractivity contribution >= 4 is 82.4 Å². The fourth-order valence-electron chi connectivity index (χ4n) is 0.995. The monoisotopic (exact) mass is 1020 g/mol. The summed E-state index contributed by atoms with van der Waals surface area (Å²) in [6.45, 7) is 1.40. The summed E-state index contributed by atoms with van der Waals surface area (Å²) in [6.07, 6.45) is 1.43. The number of hydrogen-bond acceptors (Lipinski definition) is 27. The topological polar surface area (TPSA) is 568 Å². The molecule has 0 atom stereocenters. The Kier molecular flexibility index (Phi) is 64.4. The summed E-state index contributed by atoms with van der Waals surface area (Å²) in [5, 5.41) is 16.1. The predicted octanol–water partition coefficient (Wildman–Crippen LogP) is -7.72. The fraction of sp³-hybridized carbons (Fsp3) is 1.00. The Balaban J connectivity index is -0.0000000551. The molecular weight excluding hydrogens is 961 g/mol. The Morgan fingerprint density at radius 1 is 0.509 bits per heavy atom. The number of rotatable bonds is 14. The standard InChI is InChI=1S/2C3H9NO3S.2C3H8O4S.C2H7NO3S.C2H4O.2CH4O3S.H3N.O2S.H2O/c4*1-7-8(5,6)3-2-4;3-1-2-7(4,5)6;1-2-3-1;2*1-5(2,3)4;;1-3-2;/h2*2-4H2,1H3;2*4H,2-3H2,1H3;1-3H2,(H,4,5,6);1-2H2;2*1H3,(H,2,3,4);1H3;;1H2. The first-order chi connectivity index (χ1) is 24.5. The first kappa shape index (κ1) is 79.9. The van der Waals surface area contributed by atoms with Gasteiger partial charge in [0.25, 0.3) is 70.8 Å². The molecule has 57 heavy (non-hydrogen) atoms. The van der Waals surface area contributed by atoms with Gasteiger partial charge in [-0.3, -0.25) is 30.4 Å². The lowest BCUT2D eigenvalue weighted by Gasteiger charge is -1.94. The molecule has 31 nitrogen and oxygen atoms in total. The zero-order valence-electron chi connectivity index (χ0n) is 31.5. The van der Waals surface area contributed by atoms with Crippen LogP contribution < -0.4 is 23.4 Å². The minimum atomic E-state index is -3.80. The van der Waals surface area contributed by atoms with Crippen LogP contribution in [0.5, 0.6) is 0 Å². The van der Waals surface area contributed by atoms with Gasteiger partial charge in [-0.2, -0.15) is 67.3 Å². The second kappa shape index (κ2) is 45.9. The maximum Gasteiger partial charge on any atom is 0.335 e. The highest BCUT2D eigenvalue weighted by Crippen LogP contribution is 1.88. The van der Waals surface area contributed by atoms with Gasteiger partial charge in [0.15, 0.2) is 0 Å². The third kappa shape index (κ3) is 151. The molecule has 360 valence electrons. The van der Waals surface area contributed by atoms with Crippen molar-refractivity contribution in [1.29, 1.82) is 0 Å². The van der Waals surface area contributed by atoms with Crippen molar-refractivity contribution in [1.82, 2.24) is 6.15 Å². The molecule has 0 aliphatic carbocycles. The number of ether oxygens (including phenoxy) is 1. The maximum absolute atomic E-state index is 10.3. The zero-order valence-corrected chi connectivity index (χ0v) is 38.0. The van der Waals surface area contributed by atoms with Gasteiger partial charge in [-0.05, 0) is 0 Å². The highest BCUT2D eigenvalue weighted by Gasteiger charge is 2.06. The van der Waals surface area contributed by atoms with Crippen molar-refractivity contribution in [3.8, 4) is 0 Å². The summed E-state index contributed by atoms with van der Waals surface area (Å²) in [5.41, 5.74) is 14.6. The molecule has 1 aliphatic rings. The zero-order chi connectivity index (χ0) is 46.2. The molecule has 0 unspecified atom stereocenters. The smallest absolute Gasteiger partial charge is 0.335 e. The van der Waals surface area contributed by atoms with E-state index in [0.717, 1.165) is 41.7 Å². The van der Waals surface area contributed by atoms with Gasteiger partial charge in [-0.25, -0.2) is 0 Å². The molecule has 1 aliphatic heterocycles. The van der Waals surface area contributed by atoms with Crippen molar-refractivity contribution in [3.05, 3.63) is 0 Å². The molecule has 1 rings (SSSR count). The van der Waals surface area contributed by atoms with Crippen LogP contribution in [0.1, 0.15) is 0 Å². The number of nitrogens with two attached hydrogens (primary N) is 3. The highest BCUT2D eigenvalue weighted by atomic mass is 32.2. The lowest BCUT2D eigenvalue weighted by Crippen LogP contribution is -2.16. The predicted molar refractivity (Wildman–Crippen MR) is 204 cm³/mol. The van der Waals surface area contributed by atoms with E-state index in [9.17, 15) is 58.9 Å². The molecule has 0 aromatic carbocycles. The Morgan fingerprint density at radius 2 is 0.667 bits per heavy atom. The molecule has 0 amide bonds. The van der Waals surface area contributed by atoms with Crippen LogP contribution in [-0.4, -0.2) is 212 Å². The minimum Gasteiger partial charge on any atom is -0.412 e. The van der Waals surface area contributed by atoms with E-state index in [0.29, 0.717) is 12.5 Å². The van der Waals surface area contributed by atoms with Crippen molar-refractivity contribution in [2.75, 3.05) is 116 Å². The van der Waals surface area contributed by atoms with Crippen molar-refractivity contribution < 1.29 is 118 Å². The van der Waals surface area contributed by atoms with Crippen molar-refractivity contribution in [2.45, 2.75) is 0 Å². The molecule has 0 radical (unpaired) electrons. The second-order valence-electron chi connectivity index (χ2n) is 7.96. The van der Waals surface area contributed by atoms with Crippen LogP contribution in [0.25, 0.3) is 0 Å². The summed E-state index contributed by atoms with van der Waals surface area (Å²) < 4.78 is 198. The normalized spacial score (nSPS) is 11.5. The summed E-state index contributed by atoms with van der Waals surface area (Å²) in [7, 11) is -20.2. The lowest BCUT2D eigenvalue weighted by molar-refractivity contribution is 0.309. The van der Waals surface area contributed by atoms with E-state index in [1.54, 1.807) is 0 Å². The molecular formula is C18H58N4O27S8. The van der Waals surface area contributed by atoms with Gasteiger partial charge in [0.05, 0.1) is 96.1 Å². The van der Waals surface area contributed by atoms with Crippen LogP contribution in [0, 0.1) is 0 Å². The van der Waals surface area contributed by atoms with Crippen LogP contribution in [0.3, 0.4) is 0 Å². The van der Waals surface area contributed by atoms with Gasteiger partial charge in [0.2, 0.25) is 0 Å². The Labute approximate surface area is 338 Å². The van der Waals surface area contributed by atoms with Crippen LogP contribution in [0.2, 0.25) is 0 Å². The number of hydrogen-bond donors (Lipinski definition) is 9. The molecule has 39 heteroatoms. The minimum absolute atomic E-state index is 0. The van der Waals surface area contributed by atoms with E-state index >= 15 is 0 Å². The largest absolute Gasteiger partial charge is 0.412 e. The van der Waals surface area contributed by atoms with Crippen LogP contribution >= 0.6 is 0 Å². The summed E-state index contributed by atoms with van der Waals surface area (Å²) in [4.78, 5) is 0. The Hall–Kier alpha value is -1.13. The van der Waals surface area contributed by atoms with Crippen molar-refractivity contribution in [2.24, 2.45) is 17.2 Å². The van der Waals surface area contributed by atoms with E-state index < -0.39 is 95.6 Å². The maximum atomic E-state index is 10.3. The summed E-state index contributed by atoms with van der Waals surface area (Å²) in [6, 6.07) is 0. The number of epoxide rings is 1. The average molecular weight is 1020 g/mol. The first-order valence-corrected chi connectivity index (χ1v) is 25.5. The molecule has 0 aromatic heterocycles. The van der Waals surface area contributed by atoms with Gasteiger partial charge < -0.3 is 43.8 Å². The quantitative estimate of drug-likeness (QED) is 0.0443. The molecule has 16 N–H and O–H groups in total. The van der Waals surface area contributed by atoms with Gasteiger partial charge >= 0.3 is 11.6 Å². The molecule has 1 fully saturated rings. The van der Waals surface area contributed by atoms with E-state index in [1.165, 1.54) is 0 Å². The molecule has 1 saturated heterocycles. The fourth-order valence-corrected chi connectivity index (χ4v) is 2.98. The highest BCUT2D eigenvalue weighted by molar-refractivity contribution is 7.87. The van der Waals surface area contributed by atoms with E-state index in [-0.39, 0.29) is 60.0 Å². The number of aliphatic hydroxyl groups is 2. The second-order valence-corrected chi connectivity index (χ2v) is 20.0. The van der Waals surface area contributed by atoms with Crippen LogP contribution in [0.15, 0.2) is 0 Å². The third-order valence-corrected chi connectivity index (χ3v) is 8.63. The molecule has 1 heterocycles. The van der Waals surface area contributed by atoms with Gasteiger partial charge in [0.1, 0.15) is 0 Å². The van der Waals surface area contributed by atoms with Gasteiger partial charge in [-0.1, -0.05) is 0 Å². The van der Waals surface area contributed by atoms with Crippen LogP contribution in [0.4, 0.5) is 0 Å². The number of aliphatic hydroxyl groups excluding tert-OH is 2. The molecule has 0 bridgehead atoms. The summed E-state index contributed by atoms with van der Waals surface area (Å²) in [5.74, 6) is -1.23. The third-order valence-electron chi connectivity index (χ3n) is 3.01. The Bertz CT molecular complexity index is 1500. The van der Waals surface area contributed by atoms with Gasteiger partial charge in [0, 0.05) is 19.6 Å². The summed E-state index contributed by atoms with van der Waals surface area (Å²) >= 11 is -0.750.